The third-order valence-electron chi connectivity index (χ3n) is 4.57. The quantitative estimate of drug-likeness (QED) is 0.773. The van der Waals surface area contributed by atoms with Gasteiger partial charge in [0.15, 0.2) is 11.5 Å². The Hall–Kier alpha value is -2.74. The van der Waals surface area contributed by atoms with Crippen LogP contribution in [0.4, 0.5) is 11.6 Å². The van der Waals surface area contributed by atoms with E-state index in [4.69, 9.17) is 10.5 Å². The maximum atomic E-state index is 6.15. The molecule has 0 bridgehead atoms. The molecule has 0 unspecified atom stereocenters. The fourth-order valence-electron chi connectivity index (χ4n) is 3.43. The van der Waals surface area contributed by atoms with Crippen molar-refractivity contribution in [3.8, 4) is 11.3 Å². The second-order valence-electron chi connectivity index (χ2n) is 6.37. The number of aromatic nitrogens is 5. The number of anilines is 2. The number of fused-ring (bicyclic) bond motifs is 1. The van der Waals surface area contributed by atoms with Gasteiger partial charge in [-0.15, -0.1) is 5.10 Å². The van der Waals surface area contributed by atoms with Gasteiger partial charge in [-0.25, -0.2) is 19.5 Å². The summed E-state index contributed by atoms with van der Waals surface area (Å²) in [6.45, 7) is 3.63. The Balaban J connectivity index is 1.76. The average molecular weight is 339 g/mol. The van der Waals surface area contributed by atoms with Crippen molar-refractivity contribution in [1.29, 1.82) is 0 Å². The van der Waals surface area contributed by atoms with Crippen molar-refractivity contribution in [3.63, 3.8) is 0 Å². The molecule has 3 aromatic rings. The lowest BCUT2D eigenvalue weighted by Gasteiger charge is -2.25. The van der Waals surface area contributed by atoms with Crippen LogP contribution in [0.15, 0.2) is 24.8 Å². The van der Waals surface area contributed by atoms with Crippen LogP contribution in [0.25, 0.3) is 16.9 Å². The molecule has 4 heterocycles. The number of ether oxygens (including phenoxy) is 1. The van der Waals surface area contributed by atoms with Gasteiger partial charge in [0.1, 0.15) is 12.1 Å². The largest absolute Gasteiger partial charge is 0.383 e. The van der Waals surface area contributed by atoms with Gasteiger partial charge < -0.3 is 15.4 Å². The van der Waals surface area contributed by atoms with Crippen LogP contribution in [-0.2, 0) is 4.74 Å². The van der Waals surface area contributed by atoms with Crippen LogP contribution in [0.5, 0.6) is 0 Å². The fraction of sp³-hybridized carbons (Fsp3) is 0.412. The van der Waals surface area contributed by atoms with Crippen LogP contribution in [-0.4, -0.2) is 50.9 Å². The summed E-state index contributed by atoms with van der Waals surface area (Å²) >= 11 is 0. The molecule has 1 aliphatic heterocycles. The van der Waals surface area contributed by atoms with Gasteiger partial charge in [-0.1, -0.05) is 0 Å². The summed E-state index contributed by atoms with van der Waals surface area (Å²) < 4.78 is 7.04. The zero-order valence-corrected chi connectivity index (χ0v) is 14.4. The standard InChI is InChI=1S/C17H21N7O/c1-11-7-19-17-15(16(18)22-24(17)8-11)13-6-14(21-10-20-13)23-5-3-4-12(23)9-25-2/h6-8,10,12H,3-5,9H2,1-2H3,(H2,18,22)/t12-/m1/s1. The number of aryl methyl sites for hydroxylation is 1. The molecule has 0 aromatic carbocycles. The van der Waals surface area contributed by atoms with Gasteiger partial charge in [-0.3, -0.25) is 0 Å². The van der Waals surface area contributed by atoms with Crippen LogP contribution >= 0.6 is 0 Å². The first-order chi connectivity index (χ1) is 12.2. The summed E-state index contributed by atoms with van der Waals surface area (Å²) in [5.74, 6) is 1.30. The van der Waals surface area contributed by atoms with Gasteiger partial charge in [0.25, 0.3) is 0 Å². The first-order valence-electron chi connectivity index (χ1n) is 8.36. The fourth-order valence-corrected chi connectivity index (χ4v) is 3.43. The highest BCUT2D eigenvalue weighted by Crippen LogP contribution is 2.31. The number of nitrogen functional groups attached to an aromatic ring is 1. The molecule has 3 aromatic heterocycles. The lowest BCUT2D eigenvalue weighted by Crippen LogP contribution is -2.33. The number of methoxy groups -OCH3 is 1. The first-order valence-corrected chi connectivity index (χ1v) is 8.36. The number of rotatable bonds is 4. The highest BCUT2D eigenvalue weighted by molar-refractivity contribution is 5.85. The molecule has 0 radical (unpaired) electrons. The van der Waals surface area contributed by atoms with E-state index in [9.17, 15) is 0 Å². The Morgan fingerprint density at radius 1 is 1.32 bits per heavy atom. The number of hydrogen-bond acceptors (Lipinski definition) is 7. The van der Waals surface area contributed by atoms with Crippen LogP contribution < -0.4 is 10.6 Å². The van der Waals surface area contributed by atoms with Crippen molar-refractivity contribution in [2.24, 2.45) is 0 Å². The summed E-state index contributed by atoms with van der Waals surface area (Å²) in [6, 6.07) is 2.30. The Kier molecular flexibility index (Phi) is 3.96. The number of nitrogens with zero attached hydrogens (tertiary/aromatic N) is 6. The summed E-state index contributed by atoms with van der Waals surface area (Å²) in [4.78, 5) is 15.6. The highest BCUT2D eigenvalue weighted by atomic mass is 16.5. The van der Waals surface area contributed by atoms with E-state index >= 15 is 0 Å². The topological polar surface area (TPSA) is 94.5 Å². The summed E-state index contributed by atoms with van der Waals surface area (Å²) in [5.41, 5.74) is 9.34. The predicted molar refractivity (Wildman–Crippen MR) is 95.4 cm³/mol. The summed E-state index contributed by atoms with van der Waals surface area (Å²) in [5, 5.41) is 4.36. The van der Waals surface area contributed by atoms with Crippen molar-refractivity contribution in [2.75, 3.05) is 30.9 Å². The maximum absolute atomic E-state index is 6.15. The molecule has 2 N–H and O–H groups in total. The third kappa shape index (κ3) is 2.78. The second-order valence-corrected chi connectivity index (χ2v) is 6.37. The van der Waals surface area contributed by atoms with E-state index in [1.54, 1.807) is 24.1 Å². The molecule has 8 nitrogen and oxygen atoms in total. The van der Waals surface area contributed by atoms with Crippen molar-refractivity contribution in [1.82, 2.24) is 24.6 Å². The van der Waals surface area contributed by atoms with Crippen molar-refractivity contribution < 1.29 is 4.74 Å². The van der Waals surface area contributed by atoms with E-state index in [-0.39, 0.29) is 0 Å². The number of nitrogens with two attached hydrogens (primary N) is 1. The lowest BCUT2D eigenvalue weighted by molar-refractivity contribution is 0.180. The Morgan fingerprint density at radius 2 is 2.20 bits per heavy atom. The SMILES string of the molecule is COC[C@H]1CCCN1c1cc(-c2c(N)nn3cc(C)cnc23)ncn1. The first kappa shape index (κ1) is 15.8. The molecule has 0 aliphatic carbocycles. The normalized spacial score (nSPS) is 17.5. The molecule has 1 fully saturated rings. The minimum Gasteiger partial charge on any atom is -0.383 e. The molecule has 130 valence electrons. The molecule has 0 spiro atoms. The Bertz CT molecular complexity index is 907. The summed E-state index contributed by atoms with van der Waals surface area (Å²) in [7, 11) is 1.73. The molecule has 0 amide bonds. The second kappa shape index (κ2) is 6.29. The van der Waals surface area contributed by atoms with Crippen molar-refractivity contribution in [3.05, 3.63) is 30.4 Å². The Labute approximate surface area is 145 Å². The zero-order valence-electron chi connectivity index (χ0n) is 14.4. The molecule has 1 atom stereocenters. The van der Waals surface area contributed by atoms with Gasteiger partial charge in [0.05, 0.1) is 23.9 Å². The van der Waals surface area contributed by atoms with Gasteiger partial charge in [0, 0.05) is 32.1 Å². The minimum atomic E-state index is 0.342. The molecule has 8 heteroatoms. The molecule has 1 saturated heterocycles. The lowest BCUT2D eigenvalue weighted by atomic mass is 10.2. The van der Waals surface area contributed by atoms with Crippen LogP contribution in [0.2, 0.25) is 0 Å². The van der Waals surface area contributed by atoms with Gasteiger partial charge in [-0.05, 0) is 25.3 Å². The van der Waals surface area contributed by atoms with E-state index in [1.165, 1.54) is 0 Å². The van der Waals surface area contributed by atoms with E-state index in [2.05, 4.69) is 25.0 Å². The van der Waals surface area contributed by atoms with Crippen molar-refractivity contribution >= 4 is 17.3 Å². The molecule has 0 saturated carbocycles. The Morgan fingerprint density at radius 3 is 3.04 bits per heavy atom. The molecular weight excluding hydrogens is 318 g/mol. The van der Waals surface area contributed by atoms with E-state index in [1.807, 2.05) is 19.2 Å². The van der Waals surface area contributed by atoms with E-state index < -0.39 is 0 Å². The monoisotopic (exact) mass is 339 g/mol. The highest BCUT2D eigenvalue weighted by Gasteiger charge is 2.26. The zero-order chi connectivity index (χ0) is 17.4. The maximum Gasteiger partial charge on any atom is 0.166 e. The van der Waals surface area contributed by atoms with E-state index in [0.29, 0.717) is 24.1 Å². The smallest absolute Gasteiger partial charge is 0.166 e. The number of hydrogen-bond donors (Lipinski definition) is 1. The minimum absolute atomic E-state index is 0.342. The van der Waals surface area contributed by atoms with Gasteiger partial charge in [-0.2, -0.15) is 0 Å². The predicted octanol–water partition coefficient (Wildman–Crippen LogP) is 1.69. The van der Waals surface area contributed by atoms with E-state index in [0.717, 1.165) is 42.0 Å². The molecule has 1 aliphatic rings. The van der Waals surface area contributed by atoms with Crippen LogP contribution in [0.1, 0.15) is 18.4 Å². The molecular formula is C17H21N7O. The van der Waals surface area contributed by atoms with Crippen LogP contribution in [0.3, 0.4) is 0 Å². The van der Waals surface area contributed by atoms with Crippen LogP contribution in [0, 0.1) is 6.92 Å². The molecule has 4 rings (SSSR count). The molecule has 25 heavy (non-hydrogen) atoms. The van der Waals surface area contributed by atoms with Crippen molar-refractivity contribution in [2.45, 2.75) is 25.8 Å². The van der Waals surface area contributed by atoms with Gasteiger partial charge in [0.2, 0.25) is 0 Å². The average Bonchev–Trinajstić information content (AvgIpc) is 3.18. The third-order valence-corrected chi connectivity index (χ3v) is 4.57. The summed E-state index contributed by atoms with van der Waals surface area (Å²) in [6.07, 6.45) is 7.51. The van der Waals surface area contributed by atoms with Gasteiger partial charge >= 0.3 is 0 Å².